The molecule has 0 bridgehead atoms. The van der Waals surface area contributed by atoms with Crippen molar-refractivity contribution in [2.45, 2.75) is 64.8 Å². The van der Waals surface area contributed by atoms with Gasteiger partial charge in [0.05, 0.1) is 0 Å². The van der Waals surface area contributed by atoms with Gasteiger partial charge in [-0.05, 0) is 63.4 Å². The molecule has 32 heavy (non-hydrogen) atoms. The quantitative estimate of drug-likeness (QED) is 0.362. The van der Waals surface area contributed by atoms with Crippen LogP contribution in [-0.2, 0) is 19.8 Å². The van der Waals surface area contributed by atoms with Crippen LogP contribution in [0.4, 0.5) is 0 Å². The molecular formula is C25H36N2O5. The van der Waals surface area contributed by atoms with Gasteiger partial charge in [0.1, 0.15) is 11.8 Å². The van der Waals surface area contributed by atoms with Crippen LogP contribution in [0, 0.1) is 5.92 Å². The molecule has 1 aliphatic heterocycles. The number of carboxylic acids is 1. The van der Waals surface area contributed by atoms with Gasteiger partial charge in [-0.15, -0.1) is 0 Å². The van der Waals surface area contributed by atoms with E-state index < -0.39 is 23.9 Å². The standard InChI is InChI=1S/C25H36N2O5/c1-6-25(12-7-8-13-27(5)16-25)19-10-9-11-20(15-19)32-21(28)14-18(4)23(29)26-22(17(2)3)24(30)31/h9-11,14-15,17,22H,6-8,12-13,16H2,1-5H3,(H,26,29)(H,30,31)/t22-,25?/m0/s1. The summed E-state index contributed by atoms with van der Waals surface area (Å²) in [6.45, 7) is 9.11. The first-order chi connectivity index (χ1) is 15.1. The summed E-state index contributed by atoms with van der Waals surface area (Å²) in [4.78, 5) is 38.4. The molecular weight excluding hydrogens is 408 g/mol. The summed E-state index contributed by atoms with van der Waals surface area (Å²) in [5.74, 6) is -2.25. The first-order valence-electron chi connectivity index (χ1n) is 11.3. The van der Waals surface area contributed by atoms with Gasteiger partial charge >= 0.3 is 11.9 Å². The van der Waals surface area contributed by atoms with Gasteiger partial charge in [0, 0.05) is 23.6 Å². The third kappa shape index (κ3) is 6.66. The van der Waals surface area contributed by atoms with Crippen LogP contribution in [0.1, 0.15) is 58.9 Å². The highest BCUT2D eigenvalue weighted by atomic mass is 16.5. The highest BCUT2D eigenvalue weighted by molar-refractivity contribution is 6.00. The van der Waals surface area contributed by atoms with E-state index in [0.29, 0.717) is 5.75 Å². The Morgan fingerprint density at radius 1 is 1.28 bits per heavy atom. The SMILES string of the molecule is CCC1(c2cccc(OC(=O)C=C(C)C(=O)N[C@H](C(=O)O)C(C)C)c2)CCCCN(C)C1. The molecule has 1 aliphatic rings. The van der Waals surface area contributed by atoms with Gasteiger partial charge < -0.3 is 20.1 Å². The molecule has 1 amide bonds. The molecule has 7 heteroatoms. The van der Waals surface area contributed by atoms with Crippen molar-refractivity contribution >= 4 is 17.8 Å². The largest absolute Gasteiger partial charge is 0.480 e. The van der Waals surface area contributed by atoms with Gasteiger partial charge in [-0.2, -0.15) is 0 Å². The highest BCUT2D eigenvalue weighted by Crippen LogP contribution is 2.37. The number of aliphatic carboxylic acids is 1. The van der Waals surface area contributed by atoms with Crippen molar-refractivity contribution in [2.75, 3.05) is 20.1 Å². The fraction of sp³-hybridized carbons (Fsp3) is 0.560. The summed E-state index contributed by atoms with van der Waals surface area (Å²) in [7, 11) is 2.15. The van der Waals surface area contributed by atoms with E-state index in [9.17, 15) is 19.5 Å². The number of rotatable bonds is 8. The number of ether oxygens (including phenoxy) is 1. The van der Waals surface area contributed by atoms with E-state index in [1.165, 1.54) is 13.3 Å². The minimum atomic E-state index is -1.12. The van der Waals surface area contributed by atoms with Crippen molar-refractivity contribution in [3.05, 3.63) is 41.5 Å². The first kappa shape index (κ1) is 25.6. The number of hydrogen-bond acceptors (Lipinski definition) is 5. The predicted octanol–water partition coefficient (Wildman–Crippen LogP) is 3.53. The lowest BCUT2D eigenvalue weighted by atomic mass is 9.74. The van der Waals surface area contributed by atoms with Crippen LogP contribution in [0.15, 0.2) is 35.9 Å². The molecule has 2 rings (SSSR count). The van der Waals surface area contributed by atoms with Gasteiger partial charge in [0.2, 0.25) is 5.91 Å². The Hall–Kier alpha value is -2.67. The van der Waals surface area contributed by atoms with Crippen LogP contribution in [0.25, 0.3) is 0 Å². The van der Waals surface area contributed by atoms with Gasteiger partial charge in [0.25, 0.3) is 0 Å². The van der Waals surface area contributed by atoms with E-state index in [2.05, 4.69) is 30.3 Å². The lowest BCUT2D eigenvalue weighted by molar-refractivity contribution is -0.142. The smallest absolute Gasteiger partial charge is 0.336 e. The third-order valence-corrected chi connectivity index (χ3v) is 6.27. The van der Waals surface area contributed by atoms with Crippen molar-refractivity contribution in [1.82, 2.24) is 10.2 Å². The van der Waals surface area contributed by atoms with Crippen LogP contribution in [0.3, 0.4) is 0 Å². The number of benzene rings is 1. The molecule has 2 N–H and O–H groups in total. The molecule has 1 aromatic carbocycles. The van der Waals surface area contributed by atoms with Crippen LogP contribution < -0.4 is 10.1 Å². The summed E-state index contributed by atoms with van der Waals surface area (Å²) in [5.41, 5.74) is 1.26. The van der Waals surface area contributed by atoms with E-state index in [0.717, 1.165) is 44.0 Å². The van der Waals surface area contributed by atoms with E-state index in [4.69, 9.17) is 4.74 Å². The number of nitrogens with zero attached hydrogens (tertiary/aromatic N) is 1. The summed E-state index contributed by atoms with van der Waals surface area (Å²) >= 11 is 0. The Bertz CT molecular complexity index is 864. The number of carboxylic acid groups (broad SMARTS) is 1. The second-order valence-corrected chi connectivity index (χ2v) is 9.14. The Morgan fingerprint density at radius 3 is 2.62 bits per heavy atom. The minimum Gasteiger partial charge on any atom is -0.480 e. The van der Waals surface area contributed by atoms with Crippen molar-refractivity contribution in [3.63, 3.8) is 0 Å². The van der Waals surface area contributed by atoms with Gasteiger partial charge in [0.15, 0.2) is 0 Å². The maximum Gasteiger partial charge on any atom is 0.336 e. The molecule has 0 spiro atoms. The number of amides is 1. The lowest BCUT2D eigenvalue weighted by Crippen LogP contribution is -2.44. The molecule has 0 radical (unpaired) electrons. The van der Waals surface area contributed by atoms with E-state index in [-0.39, 0.29) is 16.9 Å². The molecule has 1 fully saturated rings. The van der Waals surface area contributed by atoms with Crippen LogP contribution in [0.5, 0.6) is 5.75 Å². The zero-order valence-corrected chi connectivity index (χ0v) is 19.8. The average molecular weight is 445 g/mol. The molecule has 1 unspecified atom stereocenters. The Morgan fingerprint density at radius 2 is 2.00 bits per heavy atom. The minimum absolute atomic E-state index is 0.0159. The molecule has 7 nitrogen and oxygen atoms in total. The van der Waals surface area contributed by atoms with Gasteiger partial charge in [-0.1, -0.05) is 39.3 Å². The highest BCUT2D eigenvalue weighted by Gasteiger charge is 2.33. The molecule has 0 aromatic heterocycles. The Balaban J connectivity index is 2.13. The fourth-order valence-corrected chi connectivity index (χ4v) is 4.29. The number of nitrogens with one attached hydrogen (secondary N) is 1. The summed E-state index contributed by atoms with van der Waals surface area (Å²) in [5, 5.41) is 11.7. The second-order valence-electron chi connectivity index (χ2n) is 9.14. The van der Waals surface area contributed by atoms with Gasteiger partial charge in [-0.3, -0.25) is 4.79 Å². The van der Waals surface area contributed by atoms with Crippen molar-refractivity contribution in [3.8, 4) is 5.75 Å². The normalized spacial score (nSPS) is 21.0. The average Bonchev–Trinajstić information content (AvgIpc) is 2.93. The van der Waals surface area contributed by atoms with E-state index in [1.54, 1.807) is 19.9 Å². The molecule has 0 saturated carbocycles. The lowest BCUT2D eigenvalue weighted by Gasteiger charge is -2.35. The van der Waals surface area contributed by atoms with Crippen LogP contribution in [0.2, 0.25) is 0 Å². The molecule has 0 aliphatic carbocycles. The summed E-state index contributed by atoms with van der Waals surface area (Å²) in [6.07, 6.45) is 5.52. The number of hydrogen-bond donors (Lipinski definition) is 2. The number of likely N-dealkylation sites (tertiary alicyclic amines) is 1. The van der Waals surface area contributed by atoms with Crippen LogP contribution >= 0.6 is 0 Å². The van der Waals surface area contributed by atoms with Crippen molar-refractivity contribution in [1.29, 1.82) is 0 Å². The Kier molecular flexibility index (Phi) is 9.01. The van der Waals surface area contributed by atoms with Crippen molar-refractivity contribution < 1.29 is 24.2 Å². The maximum atomic E-state index is 12.4. The number of esters is 1. The summed E-state index contributed by atoms with van der Waals surface area (Å²) < 4.78 is 5.49. The summed E-state index contributed by atoms with van der Waals surface area (Å²) in [6, 6.07) is 6.61. The number of likely N-dealkylation sites (N-methyl/N-ethyl adjacent to an activating group) is 1. The maximum absolute atomic E-state index is 12.4. The predicted molar refractivity (Wildman–Crippen MR) is 124 cm³/mol. The zero-order valence-electron chi connectivity index (χ0n) is 19.8. The monoisotopic (exact) mass is 444 g/mol. The first-order valence-corrected chi connectivity index (χ1v) is 11.3. The molecule has 2 atom stereocenters. The second kappa shape index (κ2) is 11.3. The molecule has 176 valence electrons. The number of carbonyl (C=O) groups is 3. The third-order valence-electron chi connectivity index (χ3n) is 6.27. The zero-order chi connectivity index (χ0) is 23.9. The fourth-order valence-electron chi connectivity index (χ4n) is 4.29. The van der Waals surface area contributed by atoms with Crippen LogP contribution in [-0.4, -0.2) is 54.0 Å². The number of carbonyl (C=O) groups excluding carboxylic acids is 2. The van der Waals surface area contributed by atoms with Gasteiger partial charge in [-0.25, -0.2) is 9.59 Å². The van der Waals surface area contributed by atoms with E-state index in [1.807, 2.05) is 12.1 Å². The van der Waals surface area contributed by atoms with E-state index >= 15 is 0 Å². The van der Waals surface area contributed by atoms with Crippen molar-refractivity contribution in [2.24, 2.45) is 5.92 Å². The molecule has 1 heterocycles. The topological polar surface area (TPSA) is 95.9 Å². The molecule has 1 saturated heterocycles. The molecule has 1 aromatic rings. The Labute approximate surface area is 190 Å².